The fourth-order valence-electron chi connectivity index (χ4n) is 3.43. The van der Waals surface area contributed by atoms with Gasteiger partial charge in [0.15, 0.2) is 5.96 Å². The van der Waals surface area contributed by atoms with Crippen molar-refractivity contribution in [1.29, 1.82) is 0 Å². The molecule has 1 aromatic heterocycles. The number of hydrogen-bond acceptors (Lipinski definition) is 4. The summed E-state index contributed by atoms with van der Waals surface area (Å²) in [5.74, 6) is 0.835. The minimum atomic E-state index is 0. The van der Waals surface area contributed by atoms with Crippen LogP contribution in [0.3, 0.4) is 0 Å². The lowest BCUT2D eigenvalue weighted by atomic mass is 10.2. The second-order valence-corrected chi connectivity index (χ2v) is 7.04. The SMILES string of the molecule is CN=C(NCCCCN1CCN(c2ccccc2)CC1)NCc1ccccn1.I. The molecule has 0 radical (unpaired) electrons. The van der Waals surface area contributed by atoms with E-state index in [9.17, 15) is 0 Å². The summed E-state index contributed by atoms with van der Waals surface area (Å²) >= 11 is 0. The van der Waals surface area contributed by atoms with E-state index in [-0.39, 0.29) is 24.0 Å². The number of para-hydroxylation sites is 1. The third kappa shape index (κ3) is 8.18. The van der Waals surface area contributed by atoms with E-state index >= 15 is 0 Å². The molecular formula is C22H33IN6. The Morgan fingerprint density at radius 1 is 0.966 bits per heavy atom. The Kier molecular flexibility index (Phi) is 10.8. The van der Waals surface area contributed by atoms with Gasteiger partial charge in [0.2, 0.25) is 0 Å². The molecule has 6 nitrogen and oxygen atoms in total. The Bertz CT molecular complexity index is 702. The molecule has 0 bridgehead atoms. The Labute approximate surface area is 191 Å². The van der Waals surface area contributed by atoms with Gasteiger partial charge in [0, 0.05) is 51.7 Å². The Morgan fingerprint density at radius 2 is 1.72 bits per heavy atom. The lowest BCUT2D eigenvalue weighted by Gasteiger charge is -2.36. The summed E-state index contributed by atoms with van der Waals surface area (Å²) in [6, 6.07) is 16.7. The lowest BCUT2D eigenvalue weighted by Crippen LogP contribution is -2.46. The molecule has 1 aliphatic heterocycles. The van der Waals surface area contributed by atoms with Crippen LogP contribution in [0.5, 0.6) is 0 Å². The lowest BCUT2D eigenvalue weighted by molar-refractivity contribution is 0.253. The summed E-state index contributed by atoms with van der Waals surface area (Å²) < 4.78 is 0. The number of rotatable bonds is 8. The second kappa shape index (κ2) is 13.4. The molecule has 2 heterocycles. The molecule has 0 atom stereocenters. The van der Waals surface area contributed by atoms with Crippen molar-refractivity contribution >= 4 is 35.6 Å². The number of nitrogens with zero attached hydrogens (tertiary/aromatic N) is 4. The summed E-state index contributed by atoms with van der Waals surface area (Å²) in [6.45, 7) is 7.33. The quantitative estimate of drug-likeness (QED) is 0.249. The molecule has 1 aliphatic rings. The number of aromatic nitrogens is 1. The average Bonchev–Trinajstić information content (AvgIpc) is 2.77. The number of pyridine rings is 1. The standard InChI is InChI=1S/C22H32N6.HI/c1-23-22(26-19-20-9-5-6-12-24-20)25-13-7-8-14-27-15-17-28(18-16-27)21-10-3-2-4-11-21;/h2-6,9-12H,7-8,13-19H2,1H3,(H2,23,25,26);1H. The van der Waals surface area contributed by atoms with Gasteiger partial charge in [-0.15, -0.1) is 24.0 Å². The van der Waals surface area contributed by atoms with Gasteiger partial charge in [-0.25, -0.2) is 0 Å². The molecule has 0 unspecified atom stereocenters. The van der Waals surface area contributed by atoms with Gasteiger partial charge in [-0.3, -0.25) is 14.9 Å². The van der Waals surface area contributed by atoms with Crippen LogP contribution in [-0.2, 0) is 6.54 Å². The summed E-state index contributed by atoms with van der Waals surface area (Å²) in [7, 11) is 1.81. The zero-order valence-corrected chi connectivity index (χ0v) is 19.6. The fourth-order valence-corrected chi connectivity index (χ4v) is 3.43. The second-order valence-electron chi connectivity index (χ2n) is 7.04. The van der Waals surface area contributed by atoms with E-state index in [0.717, 1.165) is 50.8 Å². The minimum absolute atomic E-state index is 0. The summed E-state index contributed by atoms with van der Waals surface area (Å²) in [6.07, 6.45) is 4.16. The maximum atomic E-state index is 4.32. The van der Waals surface area contributed by atoms with E-state index in [2.05, 4.69) is 60.7 Å². The van der Waals surface area contributed by atoms with Crippen LogP contribution >= 0.6 is 24.0 Å². The molecule has 0 spiro atoms. The first-order chi connectivity index (χ1) is 13.8. The summed E-state index contributed by atoms with van der Waals surface area (Å²) in [5, 5.41) is 6.70. The van der Waals surface area contributed by atoms with Crippen molar-refractivity contribution in [2.24, 2.45) is 4.99 Å². The third-order valence-electron chi connectivity index (χ3n) is 5.07. The normalized spacial score (nSPS) is 14.9. The Morgan fingerprint density at radius 3 is 2.41 bits per heavy atom. The third-order valence-corrected chi connectivity index (χ3v) is 5.07. The predicted molar refractivity (Wildman–Crippen MR) is 132 cm³/mol. The number of anilines is 1. The molecule has 3 rings (SSSR count). The fraction of sp³-hybridized carbons (Fsp3) is 0.455. The van der Waals surface area contributed by atoms with Gasteiger partial charge in [0.25, 0.3) is 0 Å². The van der Waals surface area contributed by atoms with Crippen molar-refractivity contribution in [3.05, 3.63) is 60.4 Å². The number of piperazine rings is 1. The number of hydrogen-bond donors (Lipinski definition) is 2. The zero-order chi connectivity index (χ0) is 19.4. The molecule has 0 amide bonds. The van der Waals surface area contributed by atoms with E-state index in [4.69, 9.17) is 0 Å². The first-order valence-electron chi connectivity index (χ1n) is 10.2. The van der Waals surface area contributed by atoms with Crippen LogP contribution in [0, 0.1) is 0 Å². The zero-order valence-electron chi connectivity index (χ0n) is 17.3. The smallest absolute Gasteiger partial charge is 0.191 e. The van der Waals surface area contributed by atoms with Crippen molar-refractivity contribution in [2.75, 3.05) is 51.2 Å². The van der Waals surface area contributed by atoms with E-state index < -0.39 is 0 Å². The Hall–Kier alpha value is -1.87. The molecule has 1 saturated heterocycles. The highest BCUT2D eigenvalue weighted by Gasteiger charge is 2.16. The number of benzene rings is 1. The van der Waals surface area contributed by atoms with E-state index in [1.54, 1.807) is 7.05 Å². The molecule has 2 N–H and O–H groups in total. The summed E-state index contributed by atoms with van der Waals surface area (Å²) in [5.41, 5.74) is 2.36. The first kappa shape index (κ1) is 23.4. The van der Waals surface area contributed by atoms with Crippen molar-refractivity contribution in [3.63, 3.8) is 0 Å². The molecule has 2 aromatic rings. The highest BCUT2D eigenvalue weighted by atomic mass is 127. The number of guanidine groups is 1. The molecule has 158 valence electrons. The van der Waals surface area contributed by atoms with Crippen LogP contribution < -0.4 is 15.5 Å². The minimum Gasteiger partial charge on any atom is -0.369 e. The van der Waals surface area contributed by atoms with E-state index in [1.165, 1.54) is 18.7 Å². The monoisotopic (exact) mass is 508 g/mol. The van der Waals surface area contributed by atoms with E-state index in [0.29, 0.717) is 6.54 Å². The van der Waals surface area contributed by atoms with Crippen LogP contribution in [0.4, 0.5) is 5.69 Å². The van der Waals surface area contributed by atoms with Crippen molar-refractivity contribution in [1.82, 2.24) is 20.5 Å². The van der Waals surface area contributed by atoms with Gasteiger partial charge in [-0.05, 0) is 43.7 Å². The van der Waals surface area contributed by atoms with Crippen LogP contribution in [0.15, 0.2) is 59.7 Å². The van der Waals surface area contributed by atoms with Gasteiger partial charge in [-0.2, -0.15) is 0 Å². The van der Waals surface area contributed by atoms with Gasteiger partial charge >= 0.3 is 0 Å². The van der Waals surface area contributed by atoms with Crippen LogP contribution in [-0.4, -0.2) is 62.2 Å². The molecule has 1 fully saturated rings. The van der Waals surface area contributed by atoms with Crippen LogP contribution in [0.1, 0.15) is 18.5 Å². The van der Waals surface area contributed by atoms with Crippen molar-refractivity contribution in [2.45, 2.75) is 19.4 Å². The number of halogens is 1. The molecule has 7 heteroatoms. The average molecular weight is 508 g/mol. The molecule has 29 heavy (non-hydrogen) atoms. The highest BCUT2D eigenvalue weighted by Crippen LogP contribution is 2.15. The van der Waals surface area contributed by atoms with Gasteiger partial charge < -0.3 is 15.5 Å². The van der Waals surface area contributed by atoms with Crippen LogP contribution in [0.2, 0.25) is 0 Å². The van der Waals surface area contributed by atoms with E-state index in [1.807, 2.05) is 24.4 Å². The van der Waals surface area contributed by atoms with Crippen LogP contribution in [0.25, 0.3) is 0 Å². The maximum Gasteiger partial charge on any atom is 0.191 e. The topological polar surface area (TPSA) is 55.8 Å². The molecular weight excluding hydrogens is 475 g/mol. The molecule has 0 saturated carbocycles. The highest BCUT2D eigenvalue weighted by molar-refractivity contribution is 14.0. The van der Waals surface area contributed by atoms with Gasteiger partial charge in [0.05, 0.1) is 12.2 Å². The predicted octanol–water partition coefficient (Wildman–Crippen LogP) is 2.97. The summed E-state index contributed by atoms with van der Waals surface area (Å²) in [4.78, 5) is 13.7. The number of aliphatic imine (C=N–C) groups is 1. The largest absolute Gasteiger partial charge is 0.369 e. The maximum absolute atomic E-state index is 4.32. The number of nitrogens with one attached hydrogen (secondary N) is 2. The van der Waals surface area contributed by atoms with Gasteiger partial charge in [-0.1, -0.05) is 24.3 Å². The molecule has 0 aliphatic carbocycles. The molecule has 1 aromatic carbocycles. The van der Waals surface area contributed by atoms with Gasteiger partial charge in [0.1, 0.15) is 0 Å². The van der Waals surface area contributed by atoms with Crippen molar-refractivity contribution in [3.8, 4) is 0 Å². The Balaban J connectivity index is 0.00000300. The first-order valence-corrected chi connectivity index (χ1v) is 10.2. The van der Waals surface area contributed by atoms with Crippen molar-refractivity contribution < 1.29 is 0 Å². The number of unbranched alkanes of at least 4 members (excludes halogenated alkanes) is 1.